The molecule has 3 heteroatoms. The number of pyridine rings is 1. The van der Waals surface area contributed by atoms with E-state index < -0.39 is 0 Å². The Morgan fingerprint density at radius 3 is 2.14 bits per heavy atom. The molecule has 3 rings (SSSR count). The predicted octanol–water partition coefficient (Wildman–Crippen LogP) is 4.45. The number of benzene rings is 2. The lowest BCUT2D eigenvalue weighted by molar-refractivity contribution is 0.305. The monoisotopic (exact) mass is 277 g/mol. The second-order valence-electron chi connectivity index (χ2n) is 4.52. The molecule has 0 saturated carbocycles. The summed E-state index contributed by atoms with van der Waals surface area (Å²) in [5.41, 5.74) is 1.14. The third kappa shape index (κ3) is 3.83. The first-order chi connectivity index (χ1) is 10.4. The first-order valence-electron chi connectivity index (χ1n) is 6.76. The van der Waals surface area contributed by atoms with Crippen molar-refractivity contribution in [1.82, 2.24) is 4.98 Å². The third-order valence-corrected chi connectivity index (χ3v) is 2.93. The molecule has 0 saturated heterocycles. The van der Waals surface area contributed by atoms with Crippen LogP contribution >= 0.6 is 0 Å². The van der Waals surface area contributed by atoms with Gasteiger partial charge in [-0.3, -0.25) is 0 Å². The summed E-state index contributed by atoms with van der Waals surface area (Å²) in [6.45, 7) is 0.557. The molecule has 0 spiro atoms. The van der Waals surface area contributed by atoms with Crippen LogP contribution in [-0.2, 0) is 6.61 Å². The average Bonchev–Trinajstić information content (AvgIpc) is 2.56. The van der Waals surface area contributed by atoms with Crippen molar-refractivity contribution in [1.29, 1.82) is 0 Å². The van der Waals surface area contributed by atoms with Crippen molar-refractivity contribution in [2.24, 2.45) is 0 Å². The van der Waals surface area contributed by atoms with Crippen LogP contribution in [0, 0.1) is 0 Å². The van der Waals surface area contributed by atoms with Gasteiger partial charge < -0.3 is 9.47 Å². The Hall–Kier alpha value is -2.81. The standard InChI is InChI=1S/C18H15NO2/c1-2-6-15(7-3-1)14-20-16-9-11-17(12-10-16)21-18-8-4-5-13-19-18/h1-13H,14H2. The van der Waals surface area contributed by atoms with E-state index in [0.29, 0.717) is 12.5 Å². The summed E-state index contributed by atoms with van der Waals surface area (Å²) in [5, 5.41) is 0. The van der Waals surface area contributed by atoms with Gasteiger partial charge in [0, 0.05) is 12.3 Å². The largest absolute Gasteiger partial charge is 0.489 e. The average molecular weight is 277 g/mol. The molecule has 0 bridgehead atoms. The Kier molecular flexibility index (Phi) is 4.12. The SMILES string of the molecule is c1ccc(COc2ccc(Oc3ccccn3)cc2)cc1. The topological polar surface area (TPSA) is 31.4 Å². The number of ether oxygens (including phenoxy) is 2. The molecule has 0 aliphatic carbocycles. The number of nitrogens with zero attached hydrogens (tertiary/aromatic N) is 1. The predicted molar refractivity (Wildman–Crippen MR) is 81.5 cm³/mol. The summed E-state index contributed by atoms with van der Waals surface area (Å²) in [7, 11) is 0. The number of rotatable bonds is 5. The molecule has 0 aliphatic rings. The van der Waals surface area contributed by atoms with E-state index >= 15 is 0 Å². The van der Waals surface area contributed by atoms with E-state index in [1.807, 2.05) is 72.8 Å². The zero-order valence-corrected chi connectivity index (χ0v) is 11.5. The molecule has 0 amide bonds. The maximum absolute atomic E-state index is 5.73. The minimum Gasteiger partial charge on any atom is -0.489 e. The van der Waals surface area contributed by atoms with Crippen LogP contribution in [0.5, 0.6) is 17.4 Å². The number of hydrogen-bond acceptors (Lipinski definition) is 3. The normalized spacial score (nSPS) is 10.1. The van der Waals surface area contributed by atoms with E-state index in [4.69, 9.17) is 9.47 Å². The summed E-state index contributed by atoms with van der Waals surface area (Å²) in [5.74, 6) is 2.13. The lowest BCUT2D eigenvalue weighted by Crippen LogP contribution is -1.94. The van der Waals surface area contributed by atoms with Crippen molar-refractivity contribution < 1.29 is 9.47 Å². The third-order valence-electron chi connectivity index (χ3n) is 2.93. The van der Waals surface area contributed by atoms with Gasteiger partial charge in [0.1, 0.15) is 18.1 Å². The van der Waals surface area contributed by atoms with E-state index in [1.54, 1.807) is 6.20 Å². The summed E-state index contributed by atoms with van der Waals surface area (Å²) >= 11 is 0. The summed E-state index contributed by atoms with van der Waals surface area (Å²) in [4.78, 5) is 4.12. The zero-order chi connectivity index (χ0) is 14.3. The molecule has 0 N–H and O–H groups in total. The quantitative estimate of drug-likeness (QED) is 0.690. The lowest BCUT2D eigenvalue weighted by atomic mass is 10.2. The van der Waals surface area contributed by atoms with Crippen LogP contribution in [-0.4, -0.2) is 4.98 Å². The molecule has 0 fully saturated rings. The Bertz CT molecular complexity index is 667. The van der Waals surface area contributed by atoms with Gasteiger partial charge >= 0.3 is 0 Å². The molecular weight excluding hydrogens is 262 g/mol. The lowest BCUT2D eigenvalue weighted by Gasteiger charge is -2.08. The molecule has 0 unspecified atom stereocenters. The van der Waals surface area contributed by atoms with Gasteiger partial charge in [-0.1, -0.05) is 36.4 Å². The van der Waals surface area contributed by atoms with Crippen LogP contribution in [0.2, 0.25) is 0 Å². The highest BCUT2D eigenvalue weighted by Gasteiger charge is 1.99. The molecular formula is C18H15NO2. The van der Waals surface area contributed by atoms with Gasteiger partial charge in [-0.15, -0.1) is 0 Å². The molecule has 104 valence electrons. The van der Waals surface area contributed by atoms with Crippen molar-refractivity contribution in [3.63, 3.8) is 0 Å². The van der Waals surface area contributed by atoms with Crippen LogP contribution < -0.4 is 9.47 Å². The number of hydrogen-bond donors (Lipinski definition) is 0. The van der Waals surface area contributed by atoms with E-state index in [2.05, 4.69) is 4.98 Å². The van der Waals surface area contributed by atoms with Gasteiger partial charge in [0.2, 0.25) is 5.88 Å². The first-order valence-corrected chi connectivity index (χ1v) is 6.76. The Morgan fingerprint density at radius 2 is 1.43 bits per heavy atom. The smallest absolute Gasteiger partial charge is 0.219 e. The molecule has 1 heterocycles. The zero-order valence-electron chi connectivity index (χ0n) is 11.5. The fourth-order valence-electron chi connectivity index (χ4n) is 1.87. The summed E-state index contributed by atoms with van der Waals surface area (Å²) in [6, 6.07) is 23.2. The minimum absolute atomic E-state index is 0.557. The molecule has 0 aliphatic heterocycles. The second-order valence-corrected chi connectivity index (χ2v) is 4.52. The molecule has 3 aromatic rings. The Morgan fingerprint density at radius 1 is 0.714 bits per heavy atom. The maximum atomic E-state index is 5.73. The fourth-order valence-corrected chi connectivity index (χ4v) is 1.87. The molecule has 0 atom stereocenters. The Balaban J connectivity index is 1.59. The van der Waals surface area contributed by atoms with Gasteiger partial charge in [0.05, 0.1) is 0 Å². The van der Waals surface area contributed by atoms with Gasteiger partial charge in [-0.05, 0) is 35.9 Å². The maximum Gasteiger partial charge on any atom is 0.219 e. The molecule has 3 nitrogen and oxygen atoms in total. The summed E-state index contributed by atoms with van der Waals surface area (Å²) < 4.78 is 11.4. The first kappa shape index (κ1) is 13.2. The highest BCUT2D eigenvalue weighted by atomic mass is 16.5. The van der Waals surface area contributed by atoms with E-state index in [9.17, 15) is 0 Å². The highest BCUT2D eigenvalue weighted by molar-refractivity contribution is 5.33. The van der Waals surface area contributed by atoms with Gasteiger partial charge in [0.15, 0.2) is 0 Å². The van der Waals surface area contributed by atoms with Crippen molar-refractivity contribution in [2.75, 3.05) is 0 Å². The molecule has 0 radical (unpaired) electrons. The van der Waals surface area contributed by atoms with Crippen LogP contribution in [0.15, 0.2) is 79.0 Å². The van der Waals surface area contributed by atoms with Gasteiger partial charge in [-0.25, -0.2) is 4.98 Å². The molecule has 2 aromatic carbocycles. The van der Waals surface area contributed by atoms with E-state index in [-0.39, 0.29) is 0 Å². The second kappa shape index (κ2) is 6.57. The van der Waals surface area contributed by atoms with E-state index in [0.717, 1.165) is 17.1 Å². The Labute approximate surface area is 123 Å². The van der Waals surface area contributed by atoms with Crippen LogP contribution in [0.3, 0.4) is 0 Å². The molecule has 1 aromatic heterocycles. The van der Waals surface area contributed by atoms with Crippen LogP contribution in [0.25, 0.3) is 0 Å². The van der Waals surface area contributed by atoms with Crippen molar-refractivity contribution >= 4 is 0 Å². The molecule has 21 heavy (non-hydrogen) atoms. The van der Waals surface area contributed by atoms with Crippen LogP contribution in [0.1, 0.15) is 5.56 Å². The van der Waals surface area contributed by atoms with Crippen LogP contribution in [0.4, 0.5) is 0 Å². The van der Waals surface area contributed by atoms with Crippen molar-refractivity contribution in [3.05, 3.63) is 84.6 Å². The van der Waals surface area contributed by atoms with Crippen molar-refractivity contribution in [2.45, 2.75) is 6.61 Å². The van der Waals surface area contributed by atoms with Crippen molar-refractivity contribution in [3.8, 4) is 17.4 Å². The highest BCUT2D eigenvalue weighted by Crippen LogP contribution is 2.22. The summed E-state index contributed by atoms with van der Waals surface area (Å²) in [6.07, 6.45) is 1.70. The minimum atomic E-state index is 0.557. The van der Waals surface area contributed by atoms with Gasteiger partial charge in [0.25, 0.3) is 0 Å². The fraction of sp³-hybridized carbons (Fsp3) is 0.0556. The van der Waals surface area contributed by atoms with Gasteiger partial charge in [-0.2, -0.15) is 0 Å². The number of aromatic nitrogens is 1. The van der Waals surface area contributed by atoms with E-state index in [1.165, 1.54) is 0 Å².